The van der Waals surface area contributed by atoms with Crippen molar-refractivity contribution < 1.29 is 0 Å². The monoisotopic (exact) mass is 448 g/mol. The molecule has 0 radical (unpaired) electrons. The maximum atomic E-state index is 5.45. The van der Waals surface area contributed by atoms with Gasteiger partial charge >= 0.3 is 0 Å². The molecule has 3 heteroatoms. The van der Waals surface area contributed by atoms with E-state index >= 15 is 0 Å². The summed E-state index contributed by atoms with van der Waals surface area (Å²) in [5, 5.41) is 0. The standard InChI is InChI=1S/C25H52S3/c1-3-5-7-9-11-13-15-17-19-21-23-28(25(26)27)24-22-20-18-16-14-12-10-8-6-4-2/h28H,3-24H2,1-2H3,(H,26,27). The lowest BCUT2D eigenvalue weighted by atomic mass is 10.1. The predicted octanol–water partition coefficient (Wildman–Crippen LogP) is 10.0. The Morgan fingerprint density at radius 2 is 0.750 bits per heavy atom. The molecule has 0 amide bonds. The van der Waals surface area contributed by atoms with Gasteiger partial charge in [-0.1, -0.05) is 142 Å². The molecule has 28 heavy (non-hydrogen) atoms. The van der Waals surface area contributed by atoms with Crippen molar-refractivity contribution in [2.24, 2.45) is 0 Å². The zero-order chi connectivity index (χ0) is 20.7. The van der Waals surface area contributed by atoms with Crippen molar-refractivity contribution in [3.63, 3.8) is 0 Å². The molecule has 0 atom stereocenters. The highest BCUT2D eigenvalue weighted by atomic mass is 32.3. The Hall–Kier alpha value is 0.790. The summed E-state index contributed by atoms with van der Waals surface area (Å²) in [5.74, 6) is 2.68. The second-order valence-corrected chi connectivity index (χ2v) is 12.9. The highest BCUT2D eigenvalue weighted by molar-refractivity contribution is 8.50. The Labute approximate surface area is 192 Å². The molecular weight excluding hydrogens is 396 g/mol. The van der Waals surface area contributed by atoms with Crippen LogP contribution < -0.4 is 0 Å². The maximum absolute atomic E-state index is 5.45. The minimum Gasteiger partial charge on any atom is -0.211 e. The van der Waals surface area contributed by atoms with Gasteiger partial charge in [0.25, 0.3) is 0 Å². The molecule has 0 saturated carbocycles. The Morgan fingerprint density at radius 3 is 1.00 bits per heavy atom. The average molecular weight is 449 g/mol. The van der Waals surface area contributed by atoms with Gasteiger partial charge in [0, 0.05) is 0 Å². The van der Waals surface area contributed by atoms with Crippen LogP contribution >= 0.6 is 35.7 Å². The van der Waals surface area contributed by atoms with Gasteiger partial charge < -0.3 is 0 Å². The summed E-state index contributed by atoms with van der Waals surface area (Å²) in [5.41, 5.74) is 0. The third-order valence-corrected chi connectivity index (χ3v) is 9.71. The fourth-order valence-corrected chi connectivity index (χ4v) is 6.85. The topological polar surface area (TPSA) is 0 Å². The van der Waals surface area contributed by atoms with E-state index in [9.17, 15) is 0 Å². The molecular formula is C25H52S3. The summed E-state index contributed by atoms with van der Waals surface area (Å²) < 4.78 is 1.03. The van der Waals surface area contributed by atoms with Crippen LogP contribution in [0.15, 0.2) is 0 Å². The zero-order valence-corrected chi connectivity index (χ0v) is 22.0. The summed E-state index contributed by atoms with van der Waals surface area (Å²) in [6, 6.07) is 0. The molecule has 0 aliphatic heterocycles. The van der Waals surface area contributed by atoms with E-state index in [0.717, 1.165) is 3.53 Å². The van der Waals surface area contributed by atoms with Crippen molar-refractivity contribution in [2.45, 2.75) is 142 Å². The lowest BCUT2D eigenvalue weighted by Gasteiger charge is -2.19. The van der Waals surface area contributed by atoms with E-state index in [0.29, 0.717) is 0 Å². The van der Waals surface area contributed by atoms with Crippen LogP contribution in [0.5, 0.6) is 0 Å². The van der Waals surface area contributed by atoms with Crippen LogP contribution in [-0.4, -0.2) is 15.0 Å². The molecule has 0 fully saturated rings. The van der Waals surface area contributed by atoms with Gasteiger partial charge in [-0.15, -0.1) is 12.6 Å². The average Bonchev–Trinajstić information content (AvgIpc) is 2.68. The van der Waals surface area contributed by atoms with E-state index < -0.39 is 0 Å². The predicted molar refractivity (Wildman–Crippen MR) is 144 cm³/mol. The second kappa shape index (κ2) is 24.1. The molecule has 0 spiro atoms. The minimum atomic E-state index is -0.0931. The maximum Gasteiger partial charge on any atom is 0.0811 e. The van der Waals surface area contributed by atoms with Crippen molar-refractivity contribution in [3.05, 3.63) is 0 Å². The number of hydrogen-bond acceptors (Lipinski definition) is 1. The summed E-state index contributed by atoms with van der Waals surface area (Å²) in [7, 11) is -0.0931. The molecule has 0 heterocycles. The fourth-order valence-electron chi connectivity index (χ4n) is 3.88. The van der Waals surface area contributed by atoms with E-state index in [2.05, 4.69) is 26.5 Å². The van der Waals surface area contributed by atoms with Gasteiger partial charge in [-0.3, -0.25) is 0 Å². The summed E-state index contributed by atoms with van der Waals surface area (Å²) in [6.07, 6.45) is 28.4. The van der Waals surface area contributed by atoms with Gasteiger partial charge in [-0.05, 0) is 24.3 Å². The van der Waals surface area contributed by atoms with Crippen LogP contribution in [0.2, 0.25) is 0 Å². The van der Waals surface area contributed by atoms with Crippen molar-refractivity contribution >= 4 is 39.3 Å². The van der Waals surface area contributed by atoms with Crippen LogP contribution in [0.1, 0.15) is 142 Å². The molecule has 0 nitrogen and oxygen atoms in total. The van der Waals surface area contributed by atoms with E-state index in [4.69, 9.17) is 12.2 Å². The molecule has 0 unspecified atom stereocenters. The minimum absolute atomic E-state index is 0.0931. The van der Waals surface area contributed by atoms with Crippen molar-refractivity contribution in [1.29, 1.82) is 0 Å². The van der Waals surface area contributed by atoms with Crippen LogP contribution in [0.4, 0.5) is 0 Å². The van der Waals surface area contributed by atoms with E-state index in [1.54, 1.807) is 0 Å². The summed E-state index contributed by atoms with van der Waals surface area (Å²) >= 11 is 10.0. The van der Waals surface area contributed by atoms with Gasteiger partial charge in [-0.2, -0.15) is 0 Å². The molecule has 0 rings (SSSR count). The molecule has 0 aromatic heterocycles. The molecule has 0 saturated heterocycles. The number of thiol groups is 2. The first kappa shape index (κ1) is 28.8. The summed E-state index contributed by atoms with van der Waals surface area (Å²) in [4.78, 5) is 0. The SMILES string of the molecule is CCCCCCCCCCCC[SH](CCCCCCCCCCCC)C(=S)S. The molecule has 170 valence electrons. The largest absolute Gasteiger partial charge is 0.211 e. The number of hydrogen-bond donors (Lipinski definition) is 2. The first-order valence-corrected chi connectivity index (χ1v) is 15.3. The molecule has 0 aliphatic rings. The van der Waals surface area contributed by atoms with Gasteiger partial charge in [0.15, 0.2) is 0 Å². The fraction of sp³-hybridized carbons (Fsp3) is 0.960. The first-order valence-electron chi connectivity index (χ1n) is 12.7. The third-order valence-electron chi connectivity index (χ3n) is 5.83. The second-order valence-electron chi connectivity index (χ2n) is 8.63. The van der Waals surface area contributed by atoms with Crippen molar-refractivity contribution in [3.8, 4) is 0 Å². The first-order chi connectivity index (χ1) is 13.7. The van der Waals surface area contributed by atoms with E-state index in [-0.39, 0.29) is 10.9 Å². The summed E-state index contributed by atoms with van der Waals surface area (Å²) in [6.45, 7) is 4.59. The quantitative estimate of drug-likeness (QED) is 0.0943. The van der Waals surface area contributed by atoms with Gasteiger partial charge in [-0.25, -0.2) is 10.9 Å². The van der Waals surface area contributed by atoms with Crippen molar-refractivity contribution in [2.75, 3.05) is 11.5 Å². The van der Waals surface area contributed by atoms with Crippen LogP contribution in [0, 0.1) is 0 Å². The number of unbranched alkanes of at least 4 members (excludes halogenated alkanes) is 18. The lowest BCUT2D eigenvalue weighted by molar-refractivity contribution is 0.562. The van der Waals surface area contributed by atoms with Gasteiger partial charge in [0.2, 0.25) is 0 Å². The number of rotatable bonds is 22. The van der Waals surface area contributed by atoms with Crippen LogP contribution in [0.3, 0.4) is 0 Å². The smallest absolute Gasteiger partial charge is 0.0811 e. The molecule has 0 aromatic rings. The lowest BCUT2D eigenvalue weighted by Crippen LogP contribution is -2.00. The Balaban J connectivity index is 3.45. The highest BCUT2D eigenvalue weighted by Gasteiger charge is 2.07. The van der Waals surface area contributed by atoms with Crippen LogP contribution in [0.25, 0.3) is 0 Å². The van der Waals surface area contributed by atoms with E-state index in [1.807, 2.05) is 0 Å². The Kier molecular flexibility index (Phi) is 24.7. The van der Waals surface area contributed by atoms with Gasteiger partial charge in [0.05, 0.1) is 3.53 Å². The Morgan fingerprint density at radius 1 is 0.500 bits per heavy atom. The zero-order valence-electron chi connectivity index (χ0n) is 19.4. The molecule has 0 aliphatic carbocycles. The highest BCUT2D eigenvalue weighted by Crippen LogP contribution is 2.32. The third kappa shape index (κ3) is 21.5. The normalized spacial score (nSPS) is 11.8. The molecule has 0 aromatic carbocycles. The van der Waals surface area contributed by atoms with Gasteiger partial charge in [0.1, 0.15) is 0 Å². The molecule has 0 N–H and O–H groups in total. The number of thiocarbonyl (C=S) groups is 1. The molecule has 0 bridgehead atoms. The van der Waals surface area contributed by atoms with E-state index in [1.165, 1.54) is 140 Å². The Bertz CT molecular complexity index is 293. The van der Waals surface area contributed by atoms with Crippen LogP contribution in [-0.2, 0) is 0 Å². The van der Waals surface area contributed by atoms with Crippen molar-refractivity contribution in [1.82, 2.24) is 0 Å².